The Bertz CT molecular complexity index is 801. The molecule has 1 aromatic carbocycles. The lowest BCUT2D eigenvalue weighted by molar-refractivity contribution is -0.127. The minimum atomic E-state index is -3.71. The Balaban J connectivity index is 2.04. The first-order chi connectivity index (χ1) is 13.1. The van der Waals surface area contributed by atoms with Gasteiger partial charge in [0.25, 0.3) is 0 Å². The molecule has 156 valence electrons. The number of aliphatic imine (C=N–C) groups is 1. The average Bonchev–Trinajstić information content (AvgIpc) is 3.07. The van der Waals surface area contributed by atoms with Crippen molar-refractivity contribution < 1.29 is 13.2 Å². The second-order valence-electron chi connectivity index (χ2n) is 7.25. The fraction of sp³-hybridized carbons (Fsp3) is 0.556. The van der Waals surface area contributed by atoms with Crippen molar-refractivity contribution in [3.05, 3.63) is 29.8 Å². The fourth-order valence-corrected chi connectivity index (χ4v) is 4.45. The average molecular weight is 428 g/mol. The van der Waals surface area contributed by atoms with Crippen LogP contribution in [0.25, 0.3) is 0 Å². The molecule has 0 radical (unpaired) electrons. The predicted molar refractivity (Wildman–Crippen MR) is 114 cm³/mol. The van der Waals surface area contributed by atoms with E-state index in [0.717, 1.165) is 24.3 Å². The molecule has 28 heavy (non-hydrogen) atoms. The first-order valence-electron chi connectivity index (χ1n) is 9.07. The van der Waals surface area contributed by atoms with Crippen LogP contribution in [0.5, 0.6) is 0 Å². The Kier molecular flexibility index (Phi) is 7.73. The number of sulfonamides is 1. The van der Waals surface area contributed by atoms with Crippen molar-refractivity contribution >= 4 is 33.7 Å². The van der Waals surface area contributed by atoms with Crippen LogP contribution in [-0.2, 0) is 21.4 Å². The topological polar surface area (TPSA) is 117 Å². The molecule has 1 aliphatic heterocycles. The number of nitrogens with one attached hydrogen (secondary N) is 2. The van der Waals surface area contributed by atoms with Gasteiger partial charge in [0, 0.05) is 25.4 Å². The van der Waals surface area contributed by atoms with Gasteiger partial charge in [-0.2, -0.15) is 11.8 Å². The van der Waals surface area contributed by atoms with Crippen LogP contribution in [0.2, 0.25) is 0 Å². The highest BCUT2D eigenvalue weighted by atomic mass is 32.2. The van der Waals surface area contributed by atoms with E-state index in [9.17, 15) is 13.2 Å². The predicted octanol–water partition coefficient (Wildman–Crippen LogP) is 0.743. The van der Waals surface area contributed by atoms with Gasteiger partial charge in [0.1, 0.15) is 0 Å². The van der Waals surface area contributed by atoms with Crippen LogP contribution in [0.4, 0.5) is 0 Å². The molecule has 1 aliphatic rings. The van der Waals surface area contributed by atoms with Gasteiger partial charge in [-0.15, -0.1) is 0 Å². The molecule has 2 rings (SSSR count). The molecule has 1 aromatic rings. The number of thioether (sulfide) groups is 1. The molecular weight excluding hydrogens is 398 g/mol. The number of carbonyl (C=O) groups excluding carboxylic acids is 1. The van der Waals surface area contributed by atoms with E-state index in [0.29, 0.717) is 12.5 Å². The van der Waals surface area contributed by atoms with Crippen molar-refractivity contribution in [1.29, 1.82) is 0 Å². The van der Waals surface area contributed by atoms with Gasteiger partial charge < -0.3 is 15.5 Å². The molecule has 1 fully saturated rings. The summed E-state index contributed by atoms with van der Waals surface area (Å²) in [5.74, 6) is 1.67. The number of nitrogens with two attached hydrogens (primary N) is 1. The van der Waals surface area contributed by atoms with E-state index in [1.807, 2.05) is 11.8 Å². The lowest BCUT2D eigenvalue weighted by Crippen LogP contribution is -2.46. The molecule has 0 aromatic heterocycles. The molecule has 0 saturated carbocycles. The summed E-state index contributed by atoms with van der Waals surface area (Å²) >= 11 is 1.95. The summed E-state index contributed by atoms with van der Waals surface area (Å²) < 4.78 is 22.9. The molecule has 1 amide bonds. The monoisotopic (exact) mass is 427 g/mol. The zero-order chi connectivity index (χ0) is 20.8. The number of nitrogens with zero attached hydrogens (tertiary/aromatic N) is 2. The van der Waals surface area contributed by atoms with E-state index in [1.54, 1.807) is 26.2 Å². The second kappa shape index (κ2) is 9.62. The van der Waals surface area contributed by atoms with Crippen molar-refractivity contribution in [3.63, 3.8) is 0 Å². The highest BCUT2D eigenvalue weighted by molar-refractivity contribution is 8.00. The quantitative estimate of drug-likeness (QED) is 0.437. The number of hydrogen-bond acceptors (Lipinski definition) is 5. The third kappa shape index (κ3) is 6.99. The maximum atomic E-state index is 11.9. The van der Waals surface area contributed by atoms with Crippen molar-refractivity contribution in [1.82, 2.24) is 15.5 Å². The zero-order valence-corrected chi connectivity index (χ0v) is 18.2. The van der Waals surface area contributed by atoms with Crippen LogP contribution >= 0.6 is 11.8 Å². The third-order valence-corrected chi connectivity index (χ3v) is 6.98. The number of guanidine groups is 1. The van der Waals surface area contributed by atoms with Crippen molar-refractivity contribution in [3.8, 4) is 0 Å². The smallest absolute Gasteiger partial charge is 0.241 e. The third-order valence-electron chi connectivity index (χ3n) is 4.51. The highest BCUT2D eigenvalue weighted by Gasteiger charge is 2.29. The van der Waals surface area contributed by atoms with Gasteiger partial charge in [-0.25, -0.2) is 18.5 Å². The van der Waals surface area contributed by atoms with Gasteiger partial charge in [0.15, 0.2) is 5.96 Å². The number of primary sulfonamides is 1. The van der Waals surface area contributed by atoms with Gasteiger partial charge in [-0.05, 0) is 43.2 Å². The minimum absolute atomic E-state index is 0.0477. The number of rotatable bonds is 7. The van der Waals surface area contributed by atoms with Crippen LogP contribution in [0.1, 0.15) is 25.3 Å². The lowest BCUT2D eigenvalue weighted by Gasteiger charge is -2.24. The van der Waals surface area contributed by atoms with Gasteiger partial charge in [0.05, 0.1) is 18.0 Å². The summed E-state index contributed by atoms with van der Waals surface area (Å²) in [6.45, 7) is 3.48. The molecule has 1 heterocycles. The van der Waals surface area contributed by atoms with Crippen molar-refractivity contribution in [2.45, 2.75) is 36.0 Å². The number of amides is 1. The Morgan fingerprint density at radius 1 is 1.29 bits per heavy atom. The Morgan fingerprint density at radius 2 is 1.96 bits per heavy atom. The molecule has 1 saturated heterocycles. The Hall–Kier alpha value is -1.78. The van der Waals surface area contributed by atoms with Gasteiger partial charge >= 0.3 is 0 Å². The zero-order valence-electron chi connectivity index (χ0n) is 16.6. The molecule has 4 N–H and O–H groups in total. The molecule has 1 unspecified atom stereocenters. The van der Waals surface area contributed by atoms with Crippen LogP contribution in [0.15, 0.2) is 34.2 Å². The van der Waals surface area contributed by atoms with E-state index >= 15 is 0 Å². The summed E-state index contributed by atoms with van der Waals surface area (Å²) in [7, 11) is -0.295. The Labute approximate surface area is 171 Å². The fourth-order valence-electron chi connectivity index (χ4n) is 2.69. The summed E-state index contributed by atoms with van der Waals surface area (Å²) in [5, 5.41) is 11.5. The summed E-state index contributed by atoms with van der Waals surface area (Å²) in [4.78, 5) is 18.0. The number of benzene rings is 1. The SMILES string of the molecule is CN(C)C(=O)CNC(=NCc1ccc(S(N)(=O)=O)cc1)NCC1(C)CCCS1. The summed E-state index contributed by atoms with van der Waals surface area (Å²) in [6, 6.07) is 6.29. The van der Waals surface area contributed by atoms with E-state index in [1.165, 1.54) is 23.5 Å². The first-order valence-corrected chi connectivity index (χ1v) is 11.6. The standard InChI is InChI=1S/C18H29N5O3S2/c1-18(9-4-10-27-18)13-22-17(21-12-16(24)23(2)3)20-11-14-5-7-15(8-6-14)28(19,25)26/h5-8H,4,9-13H2,1-3H3,(H2,19,25,26)(H2,20,21,22). The lowest BCUT2D eigenvalue weighted by atomic mass is 10.1. The van der Waals surface area contributed by atoms with Crippen LogP contribution < -0.4 is 15.8 Å². The molecule has 1 atom stereocenters. The first kappa shape index (κ1) is 22.5. The second-order valence-corrected chi connectivity index (χ2v) is 10.5. The van der Waals surface area contributed by atoms with Gasteiger partial charge in [0.2, 0.25) is 15.9 Å². The maximum Gasteiger partial charge on any atom is 0.241 e. The molecular formula is C18H29N5O3S2. The van der Waals surface area contributed by atoms with Crippen molar-refractivity contribution in [2.75, 3.05) is 32.9 Å². The van der Waals surface area contributed by atoms with Gasteiger partial charge in [-0.3, -0.25) is 4.79 Å². The highest BCUT2D eigenvalue weighted by Crippen LogP contribution is 2.36. The Morgan fingerprint density at radius 3 is 2.50 bits per heavy atom. The van der Waals surface area contributed by atoms with Gasteiger partial charge in [-0.1, -0.05) is 12.1 Å². The minimum Gasteiger partial charge on any atom is -0.355 e. The molecule has 0 aliphatic carbocycles. The molecule has 10 heteroatoms. The number of carbonyl (C=O) groups is 1. The van der Waals surface area contributed by atoms with Crippen LogP contribution in [-0.4, -0.2) is 62.9 Å². The normalized spacial score (nSPS) is 20.1. The summed E-state index contributed by atoms with van der Waals surface area (Å²) in [5.41, 5.74) is 0.842. The summed E-state index contributed by atoms with van der Waals surface area (Å²) in [6.07, 6.45) is 2.35. The van der Waals surface area contributed by atoms with E-state index in [4.69, 9.17) is 5.14 Å². The van der Waals surface area contributed by atoms with E-state index in [2.05, 4.69) is 22.5 Å². The largest absolute Gasteiger partial charge is 0.355 e. The molecule has 0 spiro atoms. The van der Waals surface area contributed by atoms with E-state index in [-0.39, 0.29) is 22.1 Å². The maximum absolute atomic E-state index is 11.9. The van der Waals surface area contributed by atoms with E-state index < -0.39 is 10.0 Å². The number of hydrogen-bond donors (Lipinski definition) is 3. The molecule has 8 nitrogen and oxygen atoms in total. The number of likely N-dealkylation sites (N-methyl/N-ethyl adjacent to an activating group) is 1. The molecule has 0 bridgehead atoms. The van der Waals surface area contributed by atoms with Crippen LogP contribution in [0.3, 0.4) is 0 Å². The van der Waals surface area contributed by atoms with Crippen molar-refractivity contribution in [2.24, 2.45) is 10.1 Å². The van der Waals surface area contributed by atoms with Crippen LogP contribution in [0, 0.1) is 0 Å².